The molecule has 3 nitrogen and oxygen atoms in total. The number of carbonyl (C=O) groups is 1. The Hall–Kier alpha value is -1.23. The van der Waals surface area contributed by atoms with Gasteiger partial charge in [-0.3, -0.25) is 4.79 Å². The number of fused-ring (bicyclic) bond motifs is 3. The number of hydrogen-bond donors (Lipinski definition) is 1. The van der Waals surface area contributed by atoms with Gasteiger partial charge in [0.15, 0.2) is 0 Å². The number of hydrogen-bond acceptors (Lipinski definition) is 3. The maximum Gasteiger partial charge on any atom is 0.258 e. The standard InChI is InChI=1S/C12H7Cl2NO2S/c13-6-1-2-7(14)10-9(6)11-5(4-17-10)3-8(18-11)12(15)16/h1-3H,4H2,(H2,15,16). The molecule has 2 N–H and O–H groups in total. The van der Waals surface area contributed by atoms with Gasteiger partial charge in [-0.25, -0.2) is 0 Å². The molecule has 0 radical (unpaired) electrons. The van der Waals surface area contributed by atoms with Crippen LogP contribution < -0.4 is 10.5 Å². The fourth-order valence-corrected chi connectivity index (χ4v) is 3.49. The largest absolute Gasteiger partial charge is 0.487 e. The molecule has 2 aromatic rings. The third kappa shape index (κ3) is 1.68. The Morgan fingerprint density at radius 1 is 1.33 bits per heavy atom. The van der Waals surface area contributed by atoms with Gasteiger partial charge in [0.05, 0.1) is 20.5 Å². The number of amides is 1. The highest BCUT2D eigenvalue weighted by Crippen LogP contribution is 2.48. The Morgan fingerprint density at radius 2 is 2.06 bits per heavy atom. The van der Waals surface area contributed by atoms with E-state index >= 15 is 0 Å². The Morgan fingerprint density at radius 3 is 2.78 bits per heavy atom. The fraction of sp³-hybridized carbons (Fsp3) is 0.0833. The van der Waals surface area contributed by atoms with Crippen molar-refractivity contribution in [3.05, 3.63) is 38.7 Å². The van der Waals surface area contributed by atoms with E-state index in [1.165, 1.54) is 11.3 Å². The van der Waals surface area contributed by atoms with Gasteiger partial charge >= 0.3 is 0 Å². The minimum Gasteiger partial charge on any atom is -0.487 e. The van der Waals surface area contributed by atoms with Crippen LogP contribution in [0.2, 0.25) is 10.0 Å². The second-order valence-electron chi connectivity index (χ2n) is 3.85. The molecule has 0 fully saturated rings. The van der Waals surface area contributed by atoms with Crippen molar-refractivity contribution in [2.45, 2.75) is 6.61 Å². The second kappa shape index (κ2) is 4.16. The van der Waals surface area contributed by atoms with Gasteiger partial charge < -0.3 is 10.5 Å². The number of halogens is 2. The first-order chi connectivity index (χ1) is 8.58. The Kier molecular flexibility index (Phi) is 2.73. The van der Waals surface area contributed by atoms with Crippen molar-refractivity contribution in [2.24, 2.45) is 5.73 Å². The summed E-state index contributed by atoms with van der Waals surface area (Å²) in [6, 6.07) is 5.14. The summed E-state index contributed by atoms with van der Waals surface area (Å²) in [5.41, 5.74) is 6.93. The number of benzene rings is 1. The molecule has 2 heterocycles. The molecule has 92 valence electrons. The van der Waals surface area contributed by atoms with Crippen LogP contribution in [0.1, 0.15) is 15.2 Å². The number of carbonyl (C=O) groups excluding carboxylic acids is 1. The predicted octanol–water partition coefficient (Wildman–Crippen LogP) is 3.71. The third-order valence-electron chi connectivity index (χ3n) is 2.71. The van der Waals surface area contributed by atoms with Crippen LogP contribution in [0.15, 0.2) is 18.2 Å². The average molecular weight is 300 g/mol. The lowest BCUT2D eigenvalue weighted by atomic mass is 10.1. The molecular weight excluding hydrogens is 293 g/mol. The summed E-state index contributed by atoms with van der Waals surface area (Å²) >= 11 is 13.6. The summed E-state index contributed by atoms with van der Waals surface area (Å²) in [6.07, 6.45) is 0. The molecule has 6 heteroatoms. The zero-order chi connectivity index (χ0) is 12.9. The van der Waals surface area contributed by atoms with Crippen LogP contribution in [0, 0.1) is 0 Å². The molecule has 1 aliphatic rings. The van der Waals surface area contributed by atoms with Crippen LogP contribution in [-0.2, 0) is 6.61 Å². The van der Waals surface area contributed by atoms with Crippen LogP contribution in [-0.4, -0.2) is 5.91 Å². The number of primary amides is 1. The molecule has 0 aliphatic carbocycles. The van der Waals surface area contributed by atoms with Crippen molar-refractivity contribution >= 4 is 40.4 Å². The molecule has 0 spiro atoms. The summed E-state index contributed by atoms with van der Waals surface area (Å²) < 4.78 is 5.59. The molecular formula is C12H7Cl2NO2S. The summed E-state index contributed by atoms with van der Waals surface area (Å²) in [5, 5.41) is 1.06. The quantitative estimate of drug-likeness (QED) is 0.872. The van der Waals surface area contributed by atoms with Gasteiger partial charge in [0.1, 0.15) is 12.4 Å². The van der Waals surface area contributed by atoms with E-state index in [1.54, 1.807) is 18.2 Å². The van der Waals surface area contributed by atoms with Gasteiger partial charge in [-0.15, -0.1) is 11.3 Å². The van der Waals surface area contributed by atoms with Crippen LogP contribution in [0.5, 0.6) is 5.75 Å². The van der Waals surface area contributed by atoms with E-state index in [4.69, 9.17) is 33.7 Å². The zero-order valence-corrected chi connectivity index (χ0v) is 11.3. The highest BCUT2D eigenvalue weighted by molar-refractivity contribution is 7.17. The van der Waals surface area contributed by atoms with Gasteiger partial charge in [0.2, 0.25) is 0 Å². The molecule has 0 unspecified atom stereocenters. The highest BCUT2D eigenvalue weighted by Gasteiger charge is 2.25. The predicted molar refractivity (Wildman–Crippen MR) is 72.6 cm³/mol. The molecule has 0 bridgehead atoms. The van der Waals surface area contributed by atoms with Crippen molar-refractivity contribution in [1.82, 2.24) is 0 Å². The first-order valence-corrected chi connectivity index (χ1v) is 6.69. The molecule has 18 heavy (non-hydrogen) atoms. The highest BCUT2D eigenvalue weighted by atomic mass is 35.5. The minimum atomic E-state index is -0.450. The van der Waals surface area contributed by atoms with Crippen LogP contribution >= 0.6 is 34.5 Å². The fourth-order valence-electron chi connectivity index (χ4n) is 1.90. The van der Waals surface area contributed by atoms with E-state index in [0.29, 0.717) is 27.3 Å². The van der Waals surface area contributed by atoms with E-state index < -0.39 is 5.91 Å². The van der Waals surface area contributed by atoms with Crippen LogP contribution in [0.3, 0.4) is 0 Å². The van der Waals surface area contributed by atoms with Crippen molar-refractivity contribution in [3.63, 3.8) is 0 Å². The van der Waals surface area contributed by atoms with Gasteiger partial charge in [-0.2, -0.15) is 0 Å². The van der Waals surface area contributed by atoms with Gasteiger partial charge in [-0.05, 0) is 18.2 Å². The first kappa shape index (κ1) is 11.8. The number of rotatable bonds is 1. The van der Waals surface area contributed by atoms with E-state index in [2.05, 4.69) is 0 Å². The SMILES string of the molecule is NC(=O)c1cc2c(s1)-c1c(Cl)ccc(Cl)c1OC2. The lowest BCUT2D eigenvalue weighted by molar-refractivity contribution is 0.100. The van der Waals surface area contributed by atoms with Crippen molar-refractivity contribution < 1.29 is 9.53 Å². The average Bonchev–Trinajstić information content (AvgIpc) is 2.77. The first-order valence-electron chi connectivity index (χ1n) is 5.11. The zero-order valence-electron chi connectivity index (χ0n) is 9.00. The van der Waals surface area contributed by atoms with E-state index in [0.717, 1.165) is 16.0 Å². The Labute approximate surface area is 117 Å². The van der Waals surface area contributed by atoms with E-state index in [-0.39, 0.29) is 0 Å². The molecule has 1 aliphatic heterocycles. The monoisotopic (exact) mass is 299 g/mol. The number of thiophene rings is 1. The summed E-state index contributed by atoms with van der Waals surface area (Å²) in [6.45, 7) is 0.367. The summed E-state index contributed by atoms with van der Waals surface area (Å²) in [7, 11) is 0. The molecule has 0 saturated heterocycles. The minimum absolute atomic E-state index is 0.367. The number of ether oxygens (including phenoxy) is 1. The lowest BCUT2D eigenvalue weighted by Crippen LogP contribution is -2.08. The van der Waals surface area contributed by atoms with E-state index in [1.807, 2.05) is 0 Å². The summed E-state index contributed by atoms with van der Waals surface area (Å²) in [5.74, 6) is 0.114. The van der Waals surface area contributed by atoms with E-state index in [9.17, 15) is 4.79 Å². The third-order valence-corrected chi connectivity index (χ3v) is 4.53. The smallest absolute Gasteiger partial charge is 0.258 e. The Bertz CT molecular complexity index is 666. The van der Waals surface area contributed by atoms with Crippen molar-refractivity contribution in [3.8, 4) is 16.2 Å². The second-order valence-corrected chi connectivity index (χ2v) is 5.72. The molecule has 1 aromatic heterocycles. The molecule has 3 rings (SSSR count). The van der Waals surface area contributed by atoms with Gasteiger partial charge in [-0.1, -0.05) is 23.2 Å². The number of nitrogens with two attached hydrogens (primary N) is 1. The summed E-state index contributed by atoms with van der Waals surface area (Å²) in [4.78, 5) is 12.6. The molecule has 0 saturated carbocycles. The lowest BCUT2D eigenvalue weighted by Gasteiger charge is -2.19. The molecule has 1 aromatic carbocycles. The maximum atomic E-state index is 11.2. The van der Waals surface area contributed by atoms with Crippen LogP contribution in [0.4, 0.5) is 0 Å². The normalized spacial score (nSPS) is 12.6. The molecule has 0 atom stereocenters. The Balaban J connectivity index is 2.28. The van der Waals surface area contributed by atoms with Crippen molar-refractivity contribution in [1.29, 1.82) is 0 Å². The van der Waals surface area contributed by atoms with Gasteiger partial charge in [0, 0.05) is 10.4 Å². The maximum absolute atomic E-state index is 11.2. The van der Waals surface area contributed by atoms with Crippen LogP contribution in [0.25, 0.3) is 10.4 Å². The molecule has 1 amide bonds. The van der Waals surface area contributed by atoms with Gasteiger partial charge in [0.25, 0.3) is 5.91 Å². The van der Waals surface area contributed by atoms with Crippen molar-refractivity contribution in [2.75, 3.05) is 0 Å². The topological polar surface area (TPSA) is 52.3 Å².